The minimum absolute atomic E-state index is 0.0807. The van der Waals surface area contributed by atoms with Crippen molar-refractivity contribution in [3.63, 3.8) is 0 Å². The van der Waals surface area contributed by atoms with Crippen LogP contribution in [0.2, 0.25) is 0 Å². The van der Waals surface area contributed by atoms with Gasteiger partial charge in [0.25, 0.3) is 5.56 Å². The van der Waals surface area contributed by atoms with Crippen LogP contribution in [-0.4, -0.2) is 9.38 Å². The summed E-state index contributed by atoms with van der Waals surface area (Å²) in [5, 5.41) is 3.24. The smallest absolute Gasteiger partial charge is 0.258 e. The maximum Gasteiger partial charge on any atom is 0.258 e. The summed E-state index contributed by atoms with van der Waals surface area (Å²) in [6.07, 6.45) is 7.12. The SMILES string of the molecule is C#Cc1cccc(NCc2cc(=O)n3cccc(C)c3n2)c1. The van der Waals surface area contributed by atoms with E-state index < -0.39 is 0 Å². The lowest BCUT2D eigenvalue weighted by molar-refractivity contribution is 0.964. The molecule has 0 bridgehead atoms. The van der Waals surface area contributed by atoms with Crippen molar-refractivity contribution >= 4 is 11.3 Å². The average molecular weight is 289 g/mol. The number of aromatic nitrogens is 2. The predicted molar refractivity (Wildman–Crippen MR) is 87.9 cm³/mol. The van der Waals surface area contributed by atoms with E-state index in [0.29, 0.717) is 17.9 Å². The number of hydrogen-bond donors (Lipinski definition) is 1. The van der Waals surface area contributed by atoms with E-state index >= 15 is 0 Å². The van der Waals surface area contributed by atoms with Crippen molar-refractivity contribution in [3.8, 4) is 12.3 Å². The van der Waals surface area contributed by atoms with Crippen LogP contribution >= 0.6 is 0 Å². The molecule has 0 aliphatic rings. The van der Waals surface area contributed by atoms with E-state index in [2.05, 4.69) is 16.2 Å². The van der Waals surface area contributed by atoms with E-state index in [0.717, 1.165) is 16.8 Å². The number of nitrogens with zero attached hydrogens (tertiary/aromatic N) is 2. The fourth-order valence-corrected chi connectivity index (χ4v) is 2.31. The van der Waals surface area contributed by atoms with Gasteiger partial charge < -0.3 is 5.32 Å². The third kappa shape index (κ3) is 2.70. The Morgan fingerprint density at radius 3 is 2.95 bits per heavy atom. The molecule has 3 aromatic rings. The van der Waals surface area contributed by atoms with Gasteiger partial charge in [-0.1, -0.05) is 18.1 Å². The molecule has 0 aliphatic heterocycles. The van der Waals surface area contributed by atoms with E-state index in [1.165, 1.54) is 0 Å². The zero-order chi connectivity index (χ0) is 15.5. The van der Waals surface area contributed by atoms with Crippen molar-refractivity contribution in [1.82, 2.24) is 9.38 Å². The number of pyridine rings is 1. The quantitative estimate of drug-likeness (QED) is 0.754. The second kappa shape index (κ2) is 5.74. The van der Waals surface area contributed by atoms with Crippen LogP contribution in [0.4, 0.5) is 5.69 Å². The molecule has 0 spiro atoms. The molecule has 0 radical (unpaired) electrons. The van der Waals surface area contributed by atoms with Crippen LogP contribution in [0.25, 0.3) is 5.65 Å². The monoisotopic (exact) mass is 289 g/mol. The fraction of sp³-hybridized carbons (Fsp3) is 0.111. The highest BCUT2D eigenvalue weighted by molar-refractivity contribution is 5.51. The van der Waals surface area contributed by atoms with Crippen molar-refractivity contribution in [2.45, 2.75) is 13.5 Å². The lowest BCUT2D eigenvalue weighted by Gasteiger charge is -2.08. The van der Waals surface area contributed by atoms with Crippen LogP contribution in [0.3, 0.4) is 0 Å². The van der Waals surface area contributed by atoms with Gasteiger partial charge in [0.1, 0.15) is 5.65 Å². The fourth-order valence-electron chi connectivity index (χ4n) is 2.31. The first-order chi connectivity index (χ1) is 10.7. The lowest BCUT2D eigenvalue weighted by Crippen LogP contribution is -2.17. The number of nitrogens with one attached hydrogen (secondary N) is 1. The maximum absolute atomic E-state index is 12.1. The van der Waals surface area contributed by atoms with E-state index in [-0.39, 0.29) is 5.56 Å². The van der Waals surface area contributed by atoms with Gasteiger partial charge in [-0.2, -0.15) is 0 Å². The Labute approximate surface area is 128 Å². The lowest BCUT2D eigenvalue weighted by atomic mass is 10.2. The second-order valence-electron chi connectivity index (χ2n) is 5.05. The zero-order valence-electron chi connectivity index (χ0n) is 12.2. The summed E-state index contributed by atoms with van der Waals surface area (Å²) in [5.41, 5.74) is 3.99. The van der Waals surface area contributed by atoms with E-state index in [1.807, 2.05) is 43.3 Å². The Bertz CT molecular complexity index is 935. The Morgan fingerprint density at radius 2 is 2.14 bits per heavy atom. The van der Waals surface area contributed by atoms with E-state index in [9.17, 15) is 4.79 Å². The summed E-state index contributed by atoms with van der Waals surface area (Å²) in [4.78, 5) is 16.7. The third-order valence-electron chi connectivity index (χ3n) is 3.44. The molecule has 0 fully saturated rings. The topological polar surface area (TPSA) is 46.4 Å². The normalized spacial score (nSPS) is 10.4. The molecule has 3 rings (SSSR count). The van der Waals surface area contributed by atoms with Gasteiger partial charge in [-0.15, -0.1) is 6.42 Å². The molecule has 0 saturated carbocycles. The Morgan fingerprint density at radius 1 is 1.27 bits per heavy atom. The number of aryl methyl sites for hydroxylation is 1. The molecule has 4 nitrogen and oxygen atoms in total. The van der Waals surface area contributed by atoms with E-state index in [1.54, 1.807) is 16.7 Å². The van der Waals surface area contributed by atoms with Gasteiger partial charge >= 0.3 is 0 Å². The van der Waals surface area contributed by atoms with Gasteiger partial charge in [0.15, 0.2) is 0 Å². The molecule has 0 aliphatic carbocycles. The minimum atomic E-state index is -0.0807. The van der Waals surface area contributed by atoms with Crippen molar-refractivity contribution in [3.05, 3.63) is 75.8 Å². The van der Waals surface area contributed by atoms with Gasteiger partial charge in [0, 0.05) is 23.5 Å². The Balaban J connectivity index is 1.90. The standard InChI is InChI=1S/C18H15N3O/c1-3-14-7-4-8-15(10-14)19-12-16-11-17(22)21-9-5-6-13(2)18(21)20-16/h1,4-11,19H,12H2,2H3. The first-order valence-corrected chi connectivity index (χ1v) is 6.96. The third-order valence-corrected chi connectivity index (χ3v) is 3.44. The largest absolute Gasteiger partial charge is 0.379 e. The molecule has 4 heteroatoms. The number of anilines is 1. The molecule has 0 saturated heterocycles. The highest BCUT2D eigenvalue weighted by Crippen LogP contribution is 2.11. The predicted octanol–water partition coefficient (Wildman–Crippen LogP) is 2.60. The summed E-state index contributed by atoms with van der Waals surface area (Å²) in [7, 11) is 0. The van der Waals surface area contributed by atoms with Gasteiger partial charge in [-0.05, 0) is 36.8 Å². The Hall–Kier alpha value is -3.06. The summed E-state index contributed by atoms with van der Waals surface area (Å²) in [5.74, 6) is 2.60. The molecular formula is C18H15N3O. The van der Waals surface area contributed by atoms with Crippen molar-refractivity contribution < 1.29 is 0 Å². The molecule has 0 unspecified atom stereocenters. The van der Waals surface area contributed by atoms with Crippen molar-refractivity contribution in [1.29, 1.82) is 0 Å². The molecule has 2 heterocycles. The molecule has 108 valence electrons. The number of fused-ring (bicyclic) bond motifs is 1. The number of terminal acetylenes is 1. The summed E-state index contributed by atoms with van der Waals surface area (Å²) >= 11 is 0. The summed E-state index contributed by atoms with van der Waals surface area (Å²) in [6.45, 7) is 2.41. The number of rotatable bonds is 3. The van der Waals surface area contributed by atoms with Crippen LogP contribution in [0.15, 0.2) is 53.5 Å². The van der Waals surface area contributed by atoms with Gasteiger partial charge in [-0.3, -0.25) is 9.20 Å². The van der Waals surface area contributed by atoms with Crippen LogP contribution in [0.1, 0.15) is 16.8 Å². The van der Waals surface area contributed by atoms with Crippen LogP contribution in [0.5, 0.6) is 0 Å². The second-order valence-corrected chi connectivity index (χ2v) is 5.05. The molecule has 2 aromatic heterocycles. The van der Waals surface area contributed by atoms with Gasteiger partial charge in [0.2, 0.25) is 0 Å². The van der Waals surface area contributed by atoms with Crippen molar-refractivity contribution in [2.75, 3.05) is 5.32 Å². The molecule has 1 aromatic carbocycles. The highest BCUT2D eigenvalue weighted by atomic mass is 16.1. The molecule has 22 heavy (non-hydrogen) atoms. The van der Waals surface area contributed by atoms with Crippen LogP contribution in [0, 0.1) is 19.3 Å². The first kappa shape index (κ1) is 13.9. The van der Waals surface area contributed by atoms with Crippen LogP contribution in [-0.2, 0) is 6.54 Å². The summed E-state index contributed by atoms with van der Waals surface area (Å²) in [6, 6.07) is 12.9. The Kier molecular flexibility index (Phi) is 3.63. The molecule has 0 atom stereocenters. The van der Waals surface area contributed by atoms with Crippen molar-refractivity contribution in [2.24, 2.45) is 0 Å². The number of hydrogen-bond acceptors (Lipinski definition) is 3. The highest BCUT2D eigenvalue weighted by Gasteiger charge is 2.04. The molecule has 0 amide bonds. The summed E-state index contributed by atoms with van der Waals surface area (Å²) < 4.78 is 1.55. The zero-order valence-corrected chi connectivity index (χ0v) is 12.2. The maximum atomic E-state index is 12.1. The average Bonchev–Trinajstić information content (AvgIpc) is 2.54. The van der Waals surface area contributed by atoms with Gasteiger partial charge in [-0.25, -0.2) is 4.98 Å². The molecular weight excluding hydrogens is 274 g/mol. The number of benzene rings is 1. The first-order valence-electron chi connectivity index (χ1n) is 6.96. The van der Waals surface area contributed by atoms with E-state index in [4.69, 9.17) is 6.42 Å². The molecule has 1 N–H and O–H groups in total. The van der Waals surface area contributed by atoms with Crippen LogP contribution < -0.4 is 10.9 Å². The van der Waals surface area contributed by atoms with Gasteiger partial charge in [0.05, 0.1) is 12.2 Å². The minimum Gasteiger partial charge on any atom is -0.379 e.